The van der Waals surface area contributed by atoms with Gasteiger partial charge in [0.15, 0.2) is 0 Å². The molecule has 0 aliphatic carbocycles. The molecule has 2 aliphatic heterocycles. The number of nitrogens with one attached hydrogen (secondary N) is 1. The van der Waals surface area contributed by atoms with Crippen molar-refractivity contribution in [3.63, 3.8) is 0 Å². The van der Waals surface area contributed by atoms with Crippen molar-refractivity contribution in [1.82, 2.24) is 10.2 Å². The highest BCUT2D eigenvalue weighted by Gasteiger charge is 2.41. The summed E-state index contributed by atoms with van der Waals surface area (Å²) in [5.74, 6) is 1.24. The van der Waals surface area contributed by atoms with E-state index >= 15 is 0 Å². The summed E-state index contributed by atoms with van der Waals surface area (Å²) in [5, 5.41) is 3.50. The molecular weight excluding hydrogens is 228 g/mol. The number of hydrogen-bond acceptors (Lipinski definition) is 3. The molecular formula is C14H26N2O2. The van der Waals surface area contributed by atoms with Crippen LogP contribution in [0.15, 0.2) is 0 Å². The Morgan fingerprint density at radius 1 is 1.50 bits per heavy atom. The molecule has 2 rings (SSSR count). The van der Waals surface area contributed by atoms with E-state index in [2.05, 4.69) is 31.0 Å². The lowest BCUT2D eigenvalue weighted by molar-refractivity contribution is -0.131. The highest BCUT2D eigenvalue weighted by Crippen LogP contribution is 2.24. The van der Waals surface area contributed by atoms with Crippen molar-refractivity contribution in [3.05, 3.63) is 0 Å². The fourth-order valence-corrected chi connectivity index (χ4v) is 2.91. The van der Waals surface area contributed by atoms with Crippen LogP contribution in [-0.2, 0) is 9.53 Å². The van der Waals surface area contributed by atoms with E-state index in [0.29, 0.717) is 17.7 Å². The summed E-state index contributed by atoms with van der Waals surface area (Å²) in [6.07, 6.45) is 3.33. The quantitative estimate of drug-likeness (QED) is 0.810. The third kappa shape index (κ3) is 2.69. The minimum absolute atomic E-state index is 0.0160. The number of ether oxygens (including phenoxy) is 1. The highest BCUT2D eigenvalue weighted by molar-refractivity contribution is 5.84. The normalized spacial score (nSPS) is 34.3. The van der Waals surface area contributed by atoms with E-state index in [1.807, 2.05) is 0 Å². The van der Waals surface area contributed by atoms with Crippen LogP contribution in [0.3, 0.4) is 0 Å². The summed E-state index contributed by atoms with van der Waals surface area (Å²) in [5.41, 5.74) is 0. The van der Waals surface area contributed by atoms with Crippen molar-refractivity contribution in [1.29, 1.82) is 0 Å². The Kier molecular flexibility index (Phi) is 4.62. The van der Waals surface area contributed by atoms with Crippen LogP contribution in [-0.4, -0.2) is 42.8 Å². The first-order valence-electron chi connectivity index (χ1n) is 7.31. The van der Waals surface area contributed by atoms with Crippen molar-refractivity contribution >= 4 is 5.91 Å². The maximum atomic E-state index is 12.5. The topological polar surface area (TPSA) is 41.6 Å². The van der Waals surface area contributed by atoms with Gasteiger partial charge in [-0.3, -0.25) is 10.1 Å². The Balaban J connectivity index is 2.00. The summed E-state index contributed by atoms with van der Waals surface area (Å²) < 4.78 is 5.41. The molecule has 0 radical (unpaired) electrons. The first-order valence-corrected chi connectivity index (χ1v) is 7.31. The molecule has 2 aliphatic rings. The first-order chi connectivity index (χ1) is 8.67. The standard InChI is InChI=1S/C14H26N2O2/c1-4-10(3)13-14(17)16(12(5-2)15-13)8-11-6-7-18-9-11/h10-13,15H,4-9H2,1-3H3. The van der Waals surface area contributed by atoms with Gasteiger partial charge in [0.25, 0.3) is 0 Å². The Labute approximate surface area is 110 Å². The third-order valence-corrected chi connectivity index (χ3v) is 4.38. The summed E-state index contributed by atoms with van der Waals surface area (Å²) in [4.78, 5) is 14.5. The van der Waals surface area contributed by atoms with Crippen LogP contribution in [0, 0.1) is 11.8 Å². The summed E-state index contributed by atoms with van der Waals surface area (Å²) in [6.45, 7) is 8.97. The molecule has 0 aromatic heterocycles. The molecule has 0 saturated carbocycles. The molecule has 2 heterocycles. The van der Waals surface area contributed by atoms with Crippen LogP contribution in [0.2, 0.25) is 0 Å². The zero-order valence-corrected chi connectivity index (χ0v) is 11.8. The van der Waals surface area contributed by atoms with Crippen molar-refractivity contribution in [2.75, 3.05) is 19.8 Å². The molecule has 4 heteroatoms. The van der Waals surface area contributed by atoms with Crippen molar-refractivity contribution in [2.24, 2.45) is 11.8 Å². The lowest BCUT2D eigenvalue weighted by atomic mass is 9.99. The number of carbonyl (C=O) groups is 1. The van der Waals surface area contributed by atoms with Crippen molar-refractivity contribution in [2.45, 2.75) is 52.2 Å². The Morgan fingerprint density at radius 3 is 2.83 bits per heavy atom. The summed E-state index contributed by atoms with van der Waals surface area (Å²) in [6, 6.07) is 0.0160. The highest BCUT2D eigenvalue weighted by atomic mass is 16.5. The van der Waals surface area contributed by atoms with Gasteiger partial charge in [0.1, 0.15) is 0 Å². The maximum Gasteiger partial charge on any atom is 0.241 e. The van der Waals surface area contributed by atoms with E-state index in [9.17, 15) is 4.79 Å². The van der Waals surface area contributed by atoms with Crippen molar-refractivity contribution < 1.29 is 9.53 Å². The molecule has 0 aromatic carbocycles. The Morgan fingerprint density at radius 2 is 2.28 bits per heavy atom. The molecule has 2 saturated heterocycles. The Bertz CT molecular complexity index is 290. The van der Waals surface area contributed by atoms with Crippen LogP contribution < -0.4 is 5.32 Å². The molecule has 0 aromatic rings. The number of amides is 1. The molecule has 1 N–H and O–H groups in total. The minimum Gasteiger partial charge on any atom is -0.381 e. The van der Waals surface area contributed by atoms with Gasteiger partial charge in [-0.1, -0.05) is 27.2 Å². The van der Waals surface area contributed by atoms with Crippen molar-refractivity contribution in [3.8, 4) is 0 Å². The Hall–Kier alpha value is -0.610. The van der Waals surface area contributed by atoms with Crippen LogP contribution in [0.4, 0.5) is 0 Å². The predicted molar refractivity (Wildman–Crippen MR) is 71.1 cm³/mol. The second-order valence-electron chi connectivity index (χ2n) is 5.67. The fourth-order valence-electron chi connectivity index (χ4n) is 2.91. The van der Waals surface area contributed by atoms with Gasteiger partial charge in [-0.15, -0.1) is 0 Å². The zero-order chi connectivity index (χ0) is 13.1. The monoisotopic (exact) mass is 254 g/mol. The zero-order valence-electron chi connectivity index (χ0n) is 11.8. The van der Waals surface area contributed by atoms with Crippen LogP contribution in [0.1, 0.15) is 40.0 Å². The average molecular weight is 254 g/mol. The van der Waals surface area contributed by atoms with Crippen LogP contribution in [0.25, 0.3) is 0 Å². The smallest absolute Gasteiger partial charge is 0.241 e. The van der Waals surface area contributed by atoms with Gasteiger partial charge in [0, 0.05) is 19.1 Å². The van der Waals surface area contributed by atoms with E-state index < -0.39 is 0 Å². The van der Waals surface area contributed by atoms with Gasteiger partial charge < -0.3 is 9.64 Å². The maximum absolute atomic E-state index is 12.5. The summed E-state index contributed by atoms with van der Waals surface area (Å²) in [7, 11) is 0. The second-order valence-corrected chi connectivity index (χ2v) is 5.67. The van der Waals surface area contributed by atoms with Gasteiger partial charge in [-0.25, -0.2) is 0 Å². The molecule has 104 valence electrons. The van der Waals surface area contributed by atoms with Crippen LogP contribution in [0.5, 0.6) is 0 Å². The number of nitrogens with zero attached hydrogens (tertiary/aromatic N) is 1. The molecule has 0 spiro atoms. The largest absolute Gasteiger partial charge is 0.381 e. The van der Waals surface area contributed by atoms with Crippen LogP contribution >= 0.6 is 0 Å². The van der Waals surface area contributed by atoms with E-state index in [1.54, 1.807) is 0 Å². The van der Waals surface area contributed by atoms with Gasteiger partial charge in [-0.05, 0) is 18.8 Å². The number of carbonyl (C=O) groups excluding carboxylic acids is 1. The lowest BCUT2D eigenvalue weighted by Gasteiger charge is -2.25. The van der Waals surface area contributed by atoms with Gasteiger partial charge in [0.05, 0.1) is 18.8 Å². The number of hydrogen-bond donors (Lipinski definition) is 1. The van der Waals surface area contributed by atoms with Gasteiger partial charge in [0.2, 0.25) is 5.91 Å². The van der Waals surface area contributed by atoms with E-state index in [-0.39, 0.29) is 12.2 Å². The average Bonchev–Trinajstić information content (AvgIpc) is 2.99. The summed E-state index contributed by atoms with van der Waals surface area (Å²) >= 11 is 0. The SMILES string of the molecule is CCC(C)C1NC(CC)N(CC2CCOC2)C1=O. The van der Waals surface area contributed by atoms with Gasteiger partial charge >= 0.3 is 0 Å². The number of rotatable bonds is 5. The predicted octanol–water partition coefficient (Wildman–Crippen LogP) is 1.61. The van der Waals surface area contributed by atoms with E-state index in [4.69, 9.17) is 4.74 Å². The molecule has 0 bridgehead atoms. The first kappa shape index (κ1) is 13.8. The molecule has 18 heavy (non-hydrogen) atoms. The molecule has 4 atom stereocenters. The second kappa shape index (κ2) is 6.02. The lowest BCUT2D eigenvalue weighted by Crippen LogP contribution is -2.40. The molecule has 1 amide bonds. The molecule has 4 nitrogen and oxygen atoms in total. The fraction of sp³-hybridized carbons (Fsp3) is 0.929. The third-order valence-electron chi connectivity index (χ3n) is 4.38. The molecule has 4 unspecified atom stereocenters. The van der Waals surface area contributed by atoms with E-state index in [1.165, 1.54) is 0 Å². The van der Waals surface area contributed by atoms with E-state index in [0.717, 1.165) is 39.0 Å². The minimum atomic E-state index is 0.0160. The van der Waals surface area contributed by atoms with Gasteiger partial charge in [-0.2, -0.15) is 0 Å². The molecule has 2 fully saturated rings.